The molecule has 13 heteroatoms. The summed E-state index contributed by atoms with van der Waals surface area (Å²) in [7, 11) is 0. The second-order valence-corrected chi connectivity index (χ2v) is 6.46. The van der Waals surface area contributed by atoms with E-state index >= 15 is 0 Å². The second kappa shape index (κ2) is 8.64. The first-order valence-electron chi connectivity index (χ1n) is 7.59. The number of hydrogen-bond donors (Lipinski definition) is 3. The topological polar surface area (TPSA) is 74.2 Å². The van der Waals surface area contributed by atoms with Crippen LogP contribution in [0.25, 0.3) is 0 Å². The van der Waals surface area contributed by atoms with Crippen LogP contribution in [0.4, 0.5) is 36.8 Å². The molecule has 0 bridgehead atoms. The SMILES string of the molecule is O=C(NCc1ccc(C(F)(F)F)cn1)Nc1c(Cl)cc(C(O)C(F)(F)F)cc1Cl. The summed E-state index contributed by atoms with van der Waals surface area (Å²) in [5.74, 6) is 0. The average molecular weight is 462 g/mol. The third-order valence-corrected chi connectivity index (χ3v) is 4.11. The van der Waals surface area contributed by atoms with Crippen molar-refractivity contribution in [1.82, 2.24) is 10.3 Å². The molecule has 1 aromatic carbocycles. The standard InChI is InChI=1S/C16H11Cl2F6N3O2/c17-10-3-7(13(28)16(22,23)24)4-11(18)12(10)27-14(29)26-6-9-2-1-8(5-25-9)15(19,20)21/h1-5,13,28H,6H2,(H2,26,27,29). The number of nitrogens with zero attached hydrogens (tertiary/aromatic N) is 1. The molecule has 0 aliphatic carbocycles. The molecule has 0 aliphatic heterocycles. The lowest BCUT2D eigenvalue weighted by atomic mass is 10.1. The van der Waals surface area contributed by atoms with Gasteiger partial charge in [0.1, 0.15) is 0 Å². The number of aliphatic hydroxyl groups is 1. The largest absolute Gasteiger partial charge is 0.418 e. The van der Waals surface area contributed by atoms with Gasteiger partial charge in [-0.1, -0.05) is 23.2 Å². The number of carbonyl (C=O) groups excluding carboxylic acids is 1. The molecule has 3 N–H and O–H groups in total. The van der Waals surface area contributed by atoms with E-state index in [1.165, 1.54) is 0 Å². The minimum atomic E-state index is -4.94. The van der Waals surface area contributed by atoms with E-state index in [1.54, 1.807) is 0 Å². The van der Waals surface area contributed by atoms with Gasteiger partial charge in [-0.3, -0.25) is 4.98 Å². The number of rotatable bonds is 4. The van der Waals surface area contributed by atoms with Gasteiger partial charge in [0.15, 0.2) is 6.10 Å². The Labute approximate surface area is 169 Å². The van der Waals surface area contributed by atoms with Crippen LogP contribution in [0, 0.1) is 0 Å². The Morgan fingerprint density at radius 1 is 1.10 bits per heavy atom. The van der Waals surface area contributed by atoms with Gasteiger partial charge in [-0.15, -0.1) is 0 Å². The summed E-state index contributed by atoms with van der Waals surface area (Å²) < 4.78 is 75.1. The molecule has 2 aromatic rings. The van der Waals surface area contributed by atoms with Crippen LogP contribution in [0.1, 0.15) is 22.9 Å². The maximum atomic E-state index is 12.6. The fourth-order valence-electron chi connectivity index (χ4n) is 2.08. The van der Waals surface area contributed by atoms with Crippen LogP contribution in [-0.2, 0) is 12.7 Å². The predicted octanol–water partition coefficient (Wildman–Crippen LogP) is 5.32. The zero-order valence-corrected chi connectivity index (χ0v) is 15.5. The summed E-state index contributed by atoms with van der Waals surface area (Å²) in [6.45, 7) is -0.246. The summed E-state index contributed by atoms with van der Waals surface area (Å²) in [5, 5.41) is 13.0. The normalized spacial score (nSPS) is 13.1. The fourth-order valence-corrected chi connectivity index (χ4v) is 2.68. The number of urea groups is 1. The molecule has 1 aromatic heterocycles. The highest BCUT2D eigenvalue weighted by atomic mass is 35.5. The molecule has 1 heterocycles. The van der Waals surface area contributed by atoms with Crippen LogP contribution < -0.4 is 10.6 Å². The molecule has 0 radical (unpaired) electrons. The maximum Gasteiger partial charge on any atom is 0.418 e. The number of benzene rings is 1. The van der Waals surface area contributed by atoms with Gasteiger partial charge in [0, 0.05) is 6.20 Å². The van der Waals surface area contributed by atoms with Crippen LogP contribution in [0.2, 0.25) is 10.0 Å². The first kappa shape index (κ1) is 23.0. The second-order valence-electron chi connectivity index (χ2n) is 5.65. The van der Waals surface area contributed by atoms with Gasteiger partial charge in [-0.2, -0.15) is 26.3 Å². The van der Waals surface area contributed by atoms with Crippen LogP contribution in [0.15, 0.2) is 30.5 Å². The van der Waals surface area contributed by atoms with Gasteiger partial charge in [-0.05, 0) is 29.8 Å². The molecule has 29 heavy (non-hydrogen) atoms. The molecular weight excluding hydrogens is 451 g/mol. The highest BCUT2D eigenvalue weighted by molar-refractivity contribution is 6.39. The van der Waals surface area contributed by atoms with Gasteiger partial charge in [0.2, 0.25) is 0 Å². The van der Waals surface area contributed by atoms with E-state index in [1.807, 2.05) is 0 Å². The molecular formula is C16H11Cl2F6N3O2. The zero-order chi connectivity index (χ0) is 22.0. The number of nitrogens with one attached hydrogen (secondary N) is 2. The van der Waals surface area contributed by atoms with E-state index in [9.17, 15) is 36.2 Å². The first-order valence-corrected chi connectivity index (χ1v) is 8.35. The van der Waals surface area contributed by atoms with Crippen molar-refractivity contribution in [2.75, 3.05) is 5.32 Å². The van der Waals surface area contributed by atoms with Gasteiger partial charge in [0.05, 0.1) is 33.5 Å². The van der Waals surface area contributed by atoms with Crippen molar-refractivity contribution in [1.29, 1.82) is 0 Å². The third-order valence-electron chi connectivity index (χ3n) is 3.51. The lowest BCUT2D eigenvalue weighted by Gasteiger charge is -2.17. The molecule has 0 saturated carbocycles. The van der Waals surface area contributed by atoms with Crippen LogP contribution >= 0.6 is 23.2 Å². The lowest BCUT2D eigenvalue weighted by molar-refractivity contribution is -0.206. The van der Waals surface area contributed by atoms with Crippen molar-refractivity contribution in [3.05, 3.63) is 57.3 Å². The highest BCUT2D eigenvalue weighted by Crippen LogP contribution is 2.38. The maximum absolute atomic E-state index is 12.6. The summed E-state index contributed by atoms with van der Waals surface area (Å²) in [4.78, 5) is 15.5. The molecule has 2 rings (SSSR count). The third kappa shape index (κ3) is 6.12. The van der Waals surface area contributed by atoms with Crippen LogP contribution in [0.3, 0.4) is 0 Å². The smallest absolute Gasteiger partial charge is 0.379 e. The fraction of sp³-hybridized carbons (Fsp3) is 0.250. The Morgan fingerprint density at radius 3 is 2.14 bits per heavy atom. The molecule has 2 amide bonds. The van der Waals surface area contributed by atoms with E-state index < -0.39 is 35.6 Å². The number of hydrogen-bond acceptors (Lipinski definition) is 3. The average Bonchev–Trinajstić information content (AvgIpc) is 2.61. The summed E-state index contributed by atoms with van der Waals surface area (Å²) in [6, 6.07) is 2.55. The number of carbonyl (C=O) groups is 1. The molecule has 158 valence electrons. The molecule has 5 nitrogen and oxygen atoms in total. The van der Waals surface area contributed by atoms with Crippen LogP contribution in [0.5, 0.6) is 0 Å². The van der Waals surface area contributed by atoms with Gasteiger partial charge in [-0.25, -0.2) is 4.79 Å². The minimum absolute atomic E-state index is 0.119. The highest BCUT2D eigenvalue weighted by Gasteiger charge is 2.40. The van der Waals surface area contributed by atoms with Crippen molar-refractivity contribution in [3.63, 3.8) is 0 Å². The quantitative estimate of drug-likeness (QED) is 0.539. The van der Waals surface area contributed by atoms with Crippen molar-refractivity contribution in [2.24, 2.45) is 0 Å². The Kier molecular flexibility index (Phi) is 6.86. The van der Waals surface area contributed by atoms with Crippen LogP contribution in [-0.4, -0.2) is 22.3 Å². The van der Waals surface area contributed by atoms with E-state index in [0.29, 0.717) is 6.20 Å². The number of halogens is 8. The number of anilines is 1. The summed E-state index contributed by atoms with van der Waals surface area (Å²) in [6.07, 6.45) is -11.7. The number of amides is 2. The zero-order valence-electron chi connectivity index (χ0n) is 14.0. The Balaban J connectivity index is 2.04. The van der Waals surface area contributed by atoms with E-state index in [4.69, 9.17) is 23.2 Å². The van der Waals surface area contributed by atoms with E-state index in [-0.39, 0.29) is 28.0 Å². The van der Waals surface area contributed by atoms with Crippen molar-refractivity contribution in [3.8, 4) is 0 Å². The van der Waals surface area contributed by atoms with E-state index in [0.717, 1.165) is 24.3 Å². The molecule has 0 saturated heterocycles. The van der Waals surface area contributed by atoms with Crippen molar-refractivity contribution in [2.45, 2.75) is 25.0 Å². The van der Waals surface area contributed by atoms with Gasteiger partial charge >= 0.3 is 18.4 Å². The molecule has 0 aliphatic rings. The number of pyridine rings is 1. The monoisotopic (exact) mass is 461 g/mol. The van der Waals surface area contributed by atoms with Gasteiger partial charge < -0.3 is 15.7 Å². The molecule has 1 unspecified atom stereocenters. The predicted molar refractivity (Wildman–Crippen MR) is 92.6 cm³/mol. The van der Waals surface area contributed by atoms with Gasteiger partial charge in [0.25, 0.3) is 0 Å². The first-order chi connectivity index (χ1) is 13.3. The minimum Gasteiger partial charge on any atom is -0.379 e. The number of aliphatic hydroxyl groups excluding tert-OH is 1. The summed E-state index contributed by atoms with van der Waals surface area (Å²) in [5.41, 5.74) is -1.67. The molecule has 0 fully saturated rings. The molecule has 0 spiro atoms. The number of aromatic nitrogens is 1. The van der Waals surface area contributed by atoms with E-state index in [2.05, 4.69) is 15.6 Å². The molecule has 1 atom stereocenters. The Bertz CT molecular complexity index is 865. The lowest BCUT2D eigenvalue weighted by Crippen LogP contribution is -2.29. The summed E-state index contributed by atoms with van der Waals surface area (Å²) >= 11 is 11.7. The Hall–Kier alpha value is -2.24. The van der Waals surface area contributed by atoms with Crippen molar-refractivity contribution < 1.29 is 36.2 Å². The van der Waals surface area contributed by atoms with Crippen molar-refractivity contribution >= 4 is 34.9 Å². The Morgan fingerprint density at radius 2 is 1.69 bits per heavy atom. The number of alkyl halides is 6.